The lowest BCUT2D eigenvalue weighted by Gasteiger charge is -2.15. The van der Waals surface area contributed by atoms with Crippen LogP contribution in [0.5, 0.6) is 0 Å². The van der Waals surface area contributed by atoms with Gasteiger partial charge in [-0.3, -0.25) is 4.79 Å². The normalized spacial score (nSPS) is 14.4. The Bertz CT molecular complexity index is 1150. The van der Waals surface area contributed by atoms with Crippen molar-refractivity contribution in [3.63, 3.8) is 0 Å². The highest BCUT2D eigenvalue weighted by atomic mass is 79.9. The first kappa shape index (κ1) is 17.5. The van der Waals surface area contributed by atoms with Gasteiger partial charge in [0.05, 0.1) is 15.5 Å². The molecule has 2 aromatic carbocycles. The zero-order valence-corrected chi connectivity index (χ0v) is 17.0. The van der Waals surface area contributed by atoms with Crippen LogP contribution in [0.3, 0.4) is 0 Å². The Hall–Kier alpha value is -1.96. The predicted molar refractivity (Wildman–Crippen MR) is 107 cm³/mol. The highest BCUT2D eigenvalue weighted by molar-refractivity contribution is 9.10. The van der Waals surface area contributed by atoms with Crippen LogP contribution >= 0.6 is 27.3 Å². The van der Waals surface area contributed by atoms with Gasteiger partial charge >= 0.3 is 0 Å². The third-order valence-corrected chi connectivity index (χ3v) is 7.70. The average molecular weight is 448 g/mol. The van der Waals surface area contributed by atoms with Crippen LogP contribution in [0.1, 0.15) is 20.8 Å². The zero-order valence-electron chi connectivity index (χ0n) is 13.7. The van der Waals surface area contributed by atoms with E-state index in [4.69, 9.17) is 0 Å². The molecule has 26 heavy (non-hydrogen) atoms. The minimum atomic E-state index is -3.37. The Kier molecular flexibility index (Phi) is 4.25. The summed E-state index contributed by atoms with van der Waals surface area (Å²) in [5, 5.41) is 2.91. The third-order valence-electron chi connectivity index (χ3n) is 4.28. The molecule has 0 bridgehead atoms. The number of carbonyl (C=O) groups is 1. The molecule has 0 unspecified atom stereocenters. The molecule has 0 aliphatic carbocycles. The molecule has 1 N–H and O–H groups in total. The number of rotatable bonds is 2. The summed E-state index contributed by atoms with van der Waals surface area (Å²) < 4.78 is 25.9. The fourth-order valence-corrected chi connectivity index (χ4v) is 6.37. The van der Waals surface area contributed by atoms with E-state index >= 15 is 0 Å². The molecule has 4 nitrogen and oxygen atoms in total. The van der Waals surface area contributed by atoms with Crippen molar-refractivity contribution in [3.05, 3.63) is 69.0 Å². The van der Waals surface area contributed by atoms with Crippen molar-refractivity contribution in [1.29, 1.82) is 0 Å². The Morgan fingerprint density at radius 2 is 1.92 bits per heavy atom. The number of nitrogens with one attached hydrogen (secondary N) is 1. The Balaban J connectivity index is 1.71. The molecule has 7 heteroatoms. The second kappa shape index (κ2) is 6.33. The lowest BCUT2D eigenvalue weighted by molar-refractivity contribution is 0.103. The van der Waals surface area contributed by atoms with Crippen LogP contribution in [0.15, 0.2) is 57.9 Å². The summed E-state index contributed by atoms with van der Waals surface area (Å²) in [5.41, 5.74) is 3.04. The Morgan fingerprint density at radius 1 is 1.15 bits per heavy atom. The standard InChI is InChI=1S/C19H14BrNO3S2/c1-11-8-13(20)6-7-15(11)21-19(22)16-9-12-10-26(23,24)17-5-3-2-4-14(17)18(12)25-16/h2-9H,10H2,1H3,(H,21,22). The third kappa shape index (κ3) is 3.00. The van der Waals surface area contributed by atoms with Crippen molar-refractivity contribution in [2.45, 2.75) is 17.6 Å². The van der Waals surface area contributed by atoms with Gasteiger partial charge in [-0.15, -0.1) is 11.3 Å². The number of hydrogen-bond acceptors (Lipinski definition) is 4. The lowest BCUT2D eigenvalue weighted by atomic mass is 10.1. The van der Waals surface area contributed by atoms with E-state index in [0.717, 1.165) is 20.6 Å². The van der Waals surface area contributed by atoms with Gasteiger partial charge < -0.3 is 5.32 Å². The average Bonchev–Trinajstić information content (AvgIpc) is 3.01. The van der Waals surface area contributed by atoms with Crippen LogP contribution in [0.2, 0.25) is 0 Å². The first-order valence-electron chi connectivity index (χ1n) is 7.87. The second-order valence-electron chi connectivity index (χ2n) is 6.13. The number of benzene rings is 2. The fraction of sp³-hybridized carbons (Fsp3) is 0.105. The SMILES string of the molecule is Cc1cc(Br)ccc1NC(=O)c1cc2c(s1)-c1ccccc1S(=O)(=O)C2. The van der Waals surface area contributed by atoms with Crippen molar-refractivity contribution >= 4 is 48.7 Å². The van der Waals surface area contributed by atoms with E-state index in [-0.39, 0.29) is 11.7 Å². The molecular formula is C19H14BrNO3S2. The van der Waals surface area contributed by atoms with Crippen molar-refractivity contribution in [3.8, 4) is 10.4 Å². The molecule has 0 spiro atoms. The maximum absolute atomic E-state index is 12.7. The van der Waals surface area contributed by atoms with Crippen LogP contribution < -0.4 is 5.32 Å². The van der Waals surface area contributed by atoms with Gasteiger partial charge in [-0.2, -0.15) is 0 Å². The highest BCUT2D eigenvalue weighted by Crippen LogP contribution is 2.42. The van der Waals surface area contributed by atoms with Crippen LogP contribution in [-0.2, 0) is 15.6 Å². The van der Waals surface area contributed by atoms with Gasteiger partial charge in [0.2, 0.25) is 0 Å². The van der Waals surface area contributed by atoms with Crippen molar-refractivity contribution < 1.29 is 13.2 Å². The number of halogens is 1. The van der Waals surface area contributed by atoms with Crippen molar-refractivity contribution in [2.75, 3.05) is 5.32 Å². The molecule has 1 amide bonds. The number of fused-ring (bicyclic) bond motifs is 3. The first-order chi connectivity index (χ1) is 12.3. The van der Waals surface area contributed by atoms with Gasteiger partial charge in [-0.1, -0.05) is 34.1 Å². The number of anilines is 1. The Morgan fingerprint density at radius 3 is 2.69 bits per heavy atom. The monoisotopic (exact) mass is 447 g/mol. The molecular weight excluding hydrogens is 434 g/mol. The molecule has 2 heterocycles. The second-order valence-corrected chi connectivity index (χ2v) is 10.1. The molecule has 3 aromatic rings. The van der Waals surface area contributed by atoms with E-state index in [0.29, 0.717) is 20.9 Å². The molecule has 1 aromatic heterocycles. The smallest absolute Gasteiger partial charge is 0.265 e. The molecule has 0 radical (unpaired) electrons. The van der Waals surface area contributed by atoms with Gasteiger partial charge in [0.15, 0.2) is 9.84 Å². The summed E-state index contributed by atoms with van der Waals surface area (Å²) in [6.07, 6.45) is 0. The van der Waals surface area contributed by atoms with Crippen molar-refractivity contribution in [1.82, 2.24) is 0 Å². The molecule has 0 fully saturated rings. The molecule has 0 saturated heterocycles. The van der Waals surface area contributed by atoms with Gasteiger partial charge in [-0.05, 0) is 48.4 Å². The number of amides is 1. The molecule has 1 aliphatic heterocycles. The van der Waals surface area contributed by atoms with E-state index in [1.54, 1.807) is 24.3 Å². The lowest BCUT2D eigenvalue weighted by Crippen LogP contribution is -2.12. The van der Waals surface area contributed by atoms with Gasteiger partial charge in [0.25, 0.3) is 5.91 Å². The van der Waals surface area contributed by atoms with Gasteiger partial charge in [0, 0.05) is 20.6 Å². The van der Waals surface area contributed by atoms with Crippen LogP contribution in [0.4, 0.5) is 5.69 Å². The van der Waals surface area contributed by atoms with Crippen molar-refractivity contribution in [2.24, 2.45) is 0 Å². The molecule has 4 rings (SSSR count). The Labute approximate surface area is 163 Å². The van der Waals surface area contributed by atoms with E-state index in [1.165, 1.54) is 11.3 Å². The van der Waals surface area contributed by atoms with E-state index in [9.17, 15) is 13.2 Å². The van der Waals surface area contributed by atoms with Crippen LogP contribution in [0, 0.1) is 6.92 Å². The highest BCUT2D eigenvalue weighted by Gasteiger charge is 2.30. The van der Waals surface area contributed by atoms with Gasteiger partial charge in [-0.25, -0.2) is 8.42 Å². The molecule has 0 atom stereocenters. The number of thiophene rings is 1. The largest absolute Gasteiger partial charge is 0.321 e. The van der Waals surface area contributed by atoms with E-state index in [1.807, 2.05) is 31.2 Å². The number of aryl methyl sites for hydroxylation is 1. The molecule has 0 saturated carbocycles. The maximum Gasteiger partial charge on any atom is 0.265 e. The minimum Gasteiger partial charge on any atom is -0.321 e. The molecule has 132 valence electrons. The summed E-state index contributed by atoms with van der Waals surface area (Å²) in [4.78, 5) is 14.4. The van der Waals surface area contributed by atoms with E-state index < -0.39 is 9.84 Å². The van der Waals surface area contributed by atoms with Crippen LogP contribution in [0.25, 0.3) is 10.4 Å². The summed E-state index contributed by atoms with van der Waals surface area (Å²) in [7, 11) is -3.37. The van der Waals surface area contributed by atoms with Crippen LogP contribution in [-0.4, -0.2) is 14.3 Å². The summed E-state index contributed by atoms with van der Waals surface area (Å²) in [6.45, 7) is 1.92. The number of hydrogen-bond donors (Lipinski definition) is 1. The summed E-state index contributed by atoms with van der Waals surface area (Å²) >= 11 is 4.73. The fourth-order valence-electron chi connectivity index (χ4n) is 3.03. The van der Waals surface area contributed by atoms with Gasteiger partial charge in [0.1, 0.15) is 0 Å². The maximum atomic E-state index is 12.7. The summed E-state index contributed by atoms with van der Waals surface area (Å²) in [5.74, 6) is -0.301. The zero-order chi connectivity index (χ0) is 18.5. The van der Waals surface area contributed by atoms with E-state index in [2.05, 4.69) is 21.2 Å². The summed E-state index contributed by atoms with van der Waals surface area (Å²) in [6, 6.07) is 14.3. The first-order valence-corrected chi connectivity index (χ1v) is 11.1. The quantitative estimate of drug-likeness (QED) is 0.599. The molecule has 1 aliphatic rings. The number of sulfone groups is 1. The minimum absolute atomic E-state index is 0.0690. The topological polar surface area (TPSA) is 63.2 Å². The number of carbonyl (C=O) groups excluding carboxylic acids is 1. The predicted octanol–water partition coefficient (Wildman–Crippen LogP) is 5.03.